The second-order valence-corrected chi connectivity index (χ2v) is 6.44. The van der Waals surface area contributed by atoms with E-state index in [0.717, 1.165) is 17.1 Å². The number of nitrogens with zero attached hydrogens (tertiary/aromatic N) is 1. The summed E-state index contributed by atoms with van der Waals surface area (Å²) in [4.78, 5) is 5.85. The van der Waals surface area contributed by atoms with Crippen molar-refractivity contribution in [3.8, 4) is 0 Å². The summed E-state index contributed by atoms with van der Waals surface area (Å²) in [5.74, 6) is 0. The molecule has 1 rings (SSSR count). The highest BCUT2D eigenvalue weighted by atomic mass is 32.1. The van der Waals surface area contributed by atoms with Gasteiger partial charge in [0.1, 0.15) is 5.01 Å². The Morgan fingerprint density at radius 2 is 1.67 bits per heavy atom. The number of hydrogen-bond acceptors (Lipinski definition) is 3. The topological polar surface area (TPSA) is 38.9 Å². The standard InChI is InChI=1S/C15H28N2S/c1-4-5-6-7-8-9-10-11-14(16)15-17-12(2)13(3)18-15/h14H,4-11,16H2,1-3H3. The summed E-state index contributed by atoms with van der Waals surface area (Å²) >= 11 is 1.76. The van der Waals surface area contributed by atoms with Crippen LogP contribution in [0.1, 0.15) is 79.9 Å². The molecule has 0 aliphatic rings. The van der Waals surface area contributed by atoms with Gasteiger partial charge in [0.15, 0.2) is 0 Å². The molecule has 0 aromatic carbocycles. The van der Waals surface area contributed by atoms with E-state index in [1.165, 1.54) is 49.8 Å². The van der Waals surface area contributed by atoms with Crippen LogP contribution in [0, 0.1) is 13.8 Å². The molecule has 0 bridgehead atoms. The van der Waals surface area contributed by atoms with Crippen molar-refractivity contribution < 1.29 is 0 Å². The van der Waals surface area contributed by atoms with E-state index < -0.39 is 0 Å². The molecule has 0 fully saturated rings. The van der Waals surface area contributed by atoms with Crippen molar-refractivity contribution in [2.24, 2.45) is 5.73 Å². The van der Waals surface area contributed by atoms with E-state index in [1.54, 1.807) is 11.3 Å². The lowest BCUT2D eigenvalue weighted by atomic mass is 10.1. The van der Waals surface area contributed by atoms with Crippen LogP contribution >= 0.6 is 11.3 Å². The van der Waals surface area contributed by atoms with E-state index in [9.17, 15) is 0 Å². The highest BCUT2D eigenvalue weighted by molar-refractivity contribution is 7.11. The molecular formula is C15H28N2S. The average molecular weight is 268 g/mol. The lowest BCUT2D eigenvalue weighted by Crippen LogP contribution is -2.09. The zero-order valence-corrected chi connectivity index (χ0v) is 13.0. The highest BCUT2D eigenvalue weighted by Crippen LogP contribution is 2.24. The fourth-order valence-electron chi connectivity index (χ4n) is 2.10. The van der Waals surface area contributed by atoms with Crippen LogP contribution in [0.2, 0.25) is 0 Å². The summed E-state index contributed by atoms with van der Waals surface area (Å²) in [7, 11) is 0. The first-order valence-electron chi connectivity index (χ1n) is 7.34. The molecule has 104 valence electrons. The zero-order valence-electron chi connectivity index (χ0n) is 12.2. The van der Waals surface area contributed by atoms with Gasteiger partial charge < -0.3 is 5.73 Å². The monoisotopic (exact) mass is 268 g/mol. The first-order chi connectivity index (χ1) is 8.65. The minimum atomic E-state index is 0.151. The van der Waals surface area contributed by atoms with Gasteiger partial charge in [-0.2, -0.15) is 0 Å². The molecule has 3 heteroatoms. The summed E-state index contributed by atoms with van der Waals surface area (Å²) < 4.78 is 0. The second-order valence-electron chi connectivity index (χ2n) is 5.21. The number of thiazole rings is 1. The third kappa shape index (κ3) is 5.49. The Bertz CT molecular complexity index is 314. The van der Waals surface area contributed by atoms with Gasteiger partial charge in [-0.1, -0.05) is 51.9 Å². The Labute approximate surface area is 116 Å². The molecule has 0 aliphatic carbocycles. The van der Waals surface area contributed by atoms with E-state index in [0.29, 0.717) is 0 Å². The van der Waals surface area contributed by atoms with Gasteiger partial charge in [0, 0.05) is 4.88 Å². The smallest absolute Gasteiger partial charge is 0.110 e. The normalized spacial score (nSPS) is 12.9. The molecule has 0 radical (unpaired) electrons. The largest absolute Gasteiger partial charge is 0.322 e. The molecule has 0 spiro atoms. The van der Waals surface area contributed by atoms with Crippen molar-refractivity contribution in [1.29, 1.82) is 0 Å². The second kappa shape index (κ2) is 8.65. The summed E-state index contributed by atoms with van der Waals surface area (Å²) in [6.45, 7) is 6.45. The van der Waals surface area contributed by atoms with Gasteiger partial charge in [0.05, 0.1) is 11.7 Å². The number of aromatic nitrogens is 1. The van der Waals surface area contributed by atoms with Crippen molar-refractivity contribution in [2.75, 3.05) is 0 Å². The van der Waals surface area contributed by atoms with Crippen molar-refractivity contribution in [2.45, 2.75) is 78.2 Å². The van der Waals surface area contributed by atoms with Crippen molar-refractivity contribution in [3.63, 3.8) is 0 Å². The molecule has 0 aliphatic heterocycles. The lowest BCUT2D eigenvalue weighted by molar-refractivity contribution is 0.539. The molecule has 1 unspecified atom stereocenters. The van der Waals surface area contributed by atoms with E-state index in [2.05, 4.69) is 25.8 Å². The first-order valence-corrected chi connectivity index (χ1v) is 8.16. The number of rotatable bonds is 9. The van der Waals surface area contributed by atoms with Crippen LogP contribution in [0.5, 0.6) is 0 Å². The average Bonchev–Trinajstić information content (AvgIpc) is 2.68. The van der Waals surface area contributed by atoms with E-state index in [-0.39, 0.29) is 6.04 Å². The Hall–Kier alpha value is -0.410. The summed E-state index contributed by atoms with van der Waals surface area (Å²) in [5, 5.41) is 1.12. The lowest BCUT2D eigenvalue weighted by Gasteiger charge is -2.08. The molecule has 0 saturated carbocycles. The molecule has 2 nitrogen and oxygen atoms in total. The summed E-state index contributed by atoms with van der Waals surface area (Å²) in [6.07, 6.45) is 10.5. The van der Waals surface area contributed by atoms with Crippen LogP contribution in [0.4, 0.5) is 0 Å². The van der Waals surface area contributed by atoms with Crippen LogP contribution in [-0.2, 0) is 0 Å². The van der Waals surface area contributed by atoms with Gasteiger partial charge in [-0.3, -0.25) is 0 Å². The fourth-order valence-corrected chi connectivity index (χ4v) is 3.06. The number of nitrogens with two attached hydrogens (primary N) is 1. The molecule has 18 heavy (non-hydrogen) atoms. The van der Waals surface area contributed by atoms with E-state index in [1.807, 2.05) is 0 Å². The van der Waals surface area contributed by atoms with Crippen LogP contribution in [-0.4, -0.2) is 4.98 Å². The molecule has 0 amide bonds. The number of hydrogen-bond donors (Lipinski definition) is 1. The van der Waals surface area contributed by atoms with Gasteiger partial charge in [-0.15, -0.1) is 11.3 Å². The molecule has 2 N–H and O–H groups in total. The van der Waals surface area contributed by atoms with Gasteiger partial charge in [0.2, 0.25) is 0 Å². The van der Waals surface area contributed by atoms with E-state index in [4.69, 9.17) is 5.73 Å². The van der Waals surface area contributed by atoms with Crippen LogP contribution in [0.25, 0.3) is 0 Å². The molecule has 1 heterocycles. The molecule has 1 aromatic rings. The van der Waals surface area contributed by atoms with Crippen LogP contribution < -0.4 is 5.73 Å². The first kappa shape index (κ1) is 15.6. The van der Waals surface area contributed by atoms with Crippen molar-refractivity contribution >= 4 is 11.3 Å². The fraction of sp³-hybridized carbons (Fsp3) is 0.800. The van der Waals surface area contributed by atoms with Crippen molar-refractivity contribution in [1.82, 2.24) is 4.98 Å². The minimum absolute atomic E-state index is 0.151. The number of unbranched alkanes of at least 4 members (excludes halogenated alkanes) is 6. The maximum atomic E-state index is 6.19. The Balaban J connectivity index is 2.12. The third-order valence-electron chi connectivity index (χ3n) is 3.48. The zero-order chi connectivity index (χ0) is 13.4. The molecule has 1 atom stereocenters. The maximum absolute atomic E-state index is 6.19. The Morgan fingerprint density at radius 1 is 1.06 bits per heavy atom. The van der Waals surface area contributed by atoms with Gasteiger partial charge in [-0.25, -0.2) is 4.98 Å². The van der Waals surface area contributed by atoms with Crippen molar-refractivity contribution in [3.05, 3.63) is 15.6 Å². The predicted molar refractivity (Wildman–Crippen MR) is 81.1 cm³/mol. The van der Waals surface area contributed by atoms with Gasteiger partial charge in [-0.05, 0) is 20.3 Å². The Morgan fingerprint density at radius 3 is 2.22 bits per heavy atom. The highest BCUT2D eigenvalue weighted by Gasteiger charge is 2.11. The molecule has 0 saturated heterocycles. The minimum Gasteiger partial charge on any atom is -0.322 e. The van der Waals surface area contributed by atoms with Crippen LogP contribution in [0.3, 0.4) is 0 Å². The van der Waals surface area contributed by atoms with Crippen LogP contribution in [0.15, 0.2) is 0 Å². The summed E-state index contributed by atoms with van der Waals surface area (Å²) in [6, 6.07) is 0.151. The molecular weight excluding hydrogens is 240 g/mol. The summed E-state index contributed by atoms with van der Waals surface area (Å²) in [5.41, 5.74) is 7.33. The van der Waals surface area contributed by atoms with Gasteiger partial charge >= 0.3 is 0 Å². The SMILES string of the molecule is CCCCCCCCCC(N)c1nc(C)c(C)s1. The third-order valence-corrected chi connectivity index (χ3v) is 4.69. The van der Waals surface area contributed by atoms with Gasteiger partial charge in [0.25, 0.3) is 0 Å². The maximum Gasteiger partial charge on any atom is 0.110 e. The quantitative estimate of drug-likeness (QED) is 0.647. The van der Waals surface area contributed by atoms with E-state index >= 15 is 0 Å². The molecule has 1 aromatic heterocycles. The Kier molecular flexibility index (Phi) is 7.52. The predicted octanol–water partition coefficient (Wildman–Crippen LogP) is 4.90. The number of aryl methyl sites for hydroxylation is 2.